The molecule has 1 atom stereocenters. The molecule has 0 bridgehead atoms. The lowest BCUT2D eigenvalue weighted by molar-refractivity contribution is -0.137. The number of amides is 2. The molecule has 3 aromatic rings. The minimum Gasteiger partial charge on any atom is -0.606 e. The number of nitrogens with one attached hydrogen (secondary N) is 1. The van der Waals surface area contributed by atoms with Gasteiger partial charge in [-0.3, -0.25) is 9.97 Å². The quantitative estimate of drug-likeness (QED) is 0.617. The standard InChI is InChI=1S/C21H17F3N4O2S/c22-21(23,24)16-2-1-3-18(8-16)31(30)19-5-4-17(26-11-19)10-27-20(29)28-12-14-6-7-25-9-15(14)13-28/h1-9,11H,10,12-13H2,(H,27,29). The molecule has 0 radical (unpaired) electrons. The molecule has 0 fully saturated rings. The van der Waals surface area contributed by atoms with Crippen molar-refractivity contribution < 1.29 is 22.5 Å². The number of nitrogens with zero attached hydrogens (tertiary/aromatic N) is 3. The van der Waals surface area contributed by atoms with Crippen molar-refractivity contribution in [2.24, 2.45) is 0 Å². The molecule has 6 nitrogen and oxygen atoms in total. The van der Waals surface area contributed by atoms with Crippen LogP contribution in [0, 0.1) is 0 Å². The van der Waals surface area contributed by atoms with Crippen molar-refractivity contribution in [3.05, 3.63) is 83.4 Å². The number of halogens is 3. The predicted octanol–water partition coefficient (Wildman–Crippen LogP) is 3.89. The lowest BCUT2D eigenvalue weighted by Gasteiger charge is -2.16. The maximum Gasteiger partial charge on any atom is 0.416 e. The molecule has 160 valence electrons. The van der Waals surface area contributed by atoms with E-state index >= 15 is 0 Å². The third kappa shape index (κ3) is 4.80. The van der Waals surface area contributed by atoms with Crippen LogP contribution in [-0.4, -0.2) is 25.5 Å². The highest BCUT2D eigenvalue weighted by atomic mass is 32.2. The van der Waals surface area contributed by atoms with Gasteiger partial charge in [0, 0.05) is 42.7 Å². The summed E-state index contributed by atoms with van der Waals surface area (Å²) in [4.78, 5) is 22.6. The molecule has 1 aliphatic heterocycles. The maximum absolute atomic E-state index is 12.9. The average Bonchev–Trinajstić information content (AvgIpc) is 3.21. The average molecular weight is 446 g/mol. The van der Waals surface area contributed by atoms with Crippen LogP contribution in [0.4, 0.5) is 18.0 Å². The van der Waals surface area contributed by atoms with Gasteiger partial charge in [-0.1, -0.05) is 6.07 Å². The molecule has 1 N–H and O–H groups in total. The van der Waals surface area contributed by atoms with E-state index in [1.165, 1.54) is 24.4 Å². The zero-order valence-corrected chi connectivity index (χ0v) is 16.9. The molecule has 4 rings (SSSR count). The summed E-state index contributed by atoms with van der Waals surface area (Å²) in [6.07, 6.45) is 0.269. The molecule has 1 unspecified atom stereocenters. The van der Waals surface area contributed by atoms with E-state index in [9.17, 15) is 22.5 Å². The summed E-state index contributed by atoms with van der Waals surface area (Å²) in [5.41, 5.74) is 1.75. The van der Waals surface area contributed by atoms with Crippen molar-refractivity contribution in [1.82, 2.24) is 20.2 Å². The SMILES string of the molecule is O=C(NCc1ccc([S+]([O-])c2cccc(C(F)(F)F)c2)cn1)N1Cc2ccncc2C1. The van der Waals surface area contributed by atoms with Gasteiger partial charge >= 0.3 is 12.2 Å². The summed E-state index contributed by atoms with van der Waals surface area (Å²) >= 11 is -1.80. The summed E-state index contributed by atoms with van der Waals surface area (Å²) < 4.78 is 51.2. The summed E-state index contributed by atoms with van der Waals surface area (Å²) in [5.74, 6) is 0. The summed E-state index contributed by atoms with van der Waals surface area (Å²) in [5, 5.41) is 2.78. The second kappa shape index (κ2) is 8.56. The summed E-state index contributed by atoms with van der Waals surface area (Å²) in [6.45, 7) is 1.16. The topological polar surface area (TPSA) is 81.2 Å². The van der Waals surface area contributed by atoms with Crippen molar-refractivity contribution in [1.29, 1.82) is 0 Å². The lowest BCUT2D eigenvalue weighted by atomic mass is 10.2. The highest BCUT2D eigenvalue weighted by Crippen LogP contribution is 2.31. The van der Waals surface area contributed by atoms with Crippen LogP contribution in [0.1, 0.15) is 22.4 Å². The van der Waals surface area contributed by atoms with E-state index < -0.39 is 22.9 Å². The number of carbonyl (C=O) groups is 1. The Balaban J connectivity index is 1.36. The largest absolute Gasteiger partial charge is 0.606 e. The predicted molar refractivity (Wildman–Crippen MR) is 106 cm³/mol. The molecular formula is C21H17F3N4O2S. The molecule has 2 aromatic heterocycles. The first-order valence-electron chi connectivity index (χ1n) is 9.30. The van der Waals surface area contributed by atoms with E-state index in [0.29, 0.717) is 18.8 Å². The first-order valence-corrected chi connectivity index (χ1v) is 10.4. The number of carbonyl (C=O) groups excluding carboxylic acids is 1. The molecule has 0 saturated heterocycles. The Morgan fingerprint density at radius 3 is 2.61 bits per heavy atom. The van der Waals surface area contributed by atoms with Crippen LogP contribution in [0.5, 0.6) is 0 Å². The van der Waals surface area contributed by atoms with Gasteiger partial charge in [0.1, 0.15) is 0 Å². The molecular weight excluding hydrogens is 429 g/mol. The van der Waals surface area contributed by atoms with E-state index in [2.05, 4.69) is 15.3 Å². The number of alkyl halides is 3. The van der Waals surface area contributed by atoms with Crippen LogP contribution in [-0.2, 0) is 37.0 Å². The molecule has 10 heteroatoms. The fourth-order valence-corrected chi connectivity index (χ4v) is 4.24. The second-order valence-corrected chi connectivity index (χ2v) is 8.42. The maximum atomic E-state index is 12.9. The van der Waals surface area contributed by atoms with Gasteiger partial charge in [-0.25, -0.2) is 4.79 Å². The van der Waals surface area contributed by atoms with Gasteiger partial charge in [-0.2, -0.15) is 13.2 Å². The van der Waals surface area contributed by atoms with Crippen molar-refractivity contribution >= 4 is 17.2 Å². The first kappa shape index (κ1) is 21.1. The highest BCUT2D eigenvalue weighted by molar-refractivity contribution is 7.91. The number of fused-ring (bicyclic) bond motifs is 1. The van der Waals surface area contributed by atoms with E-state index in [4.69, 9.17) is 0 Å². The van der Waals surface area contributed by atoms with Gasteiger partial charge in [0.15, 0.2) is 9.79 Å². The number of rotatable bonds is 4. The van der Waals surface area contributed by atoms with Crippen LogP contribution in [0.3, 0.4) is 0 Å². The third-order valence-corrected chi connectivity index (χ3v) is 6.17. The summed E-state index contributed by atoms with van der Waals surface area (Å²) in [7, 11) is 0. The van der Waals surface area contributed by atoms with Gasteiger partial charge in [-0.05, 0) is 41.5 Å². The Hall–Kier alpha value is -3.11. The minimum absolute atomic E-state index is 0.0424. The Kier molecular flexibility index (Phi) is 5.84. The van der Waals surface area contributed by atoms with Gasteiger partial charge < -0.3 is 14.8 Å². The first-order chi connectivity index (χ1) is 14.8. The number of pyridine rings is 2. The van der Waals surface area contributed by atoms with Crippen molar-refractivity contribution in [3.8, 4) is 0 Å². The zero-order chi connectivity index (χ0) is 22.0. The molecule has 1 aliphatic rings. The van der Waals surface area contributed by atoms with Crippen LogP contribution in [0.25, 0.3) is 0 Å². The molecule has 0 aliphatic carbocycles. The normalized spacial score (nSPS) is 14.3. The van der Waals surface area contributed by atoms with E-state index in [1.807, 2.05) is 6.07 Å². The number of hydrogen-bond donors (Lipinski definition) is 1. The Morgan fingerprint density at radius 1 is 1.10 bits per heavy atom. The van der Waals surface area contributed by atoms with Gasteiger partial charge in [0.05, 0.1) is 24.0 Å². The molecule has 31 heavy (non-hydrogen) atoms. The molecule has 3 heterocycles. The zero-order valence-electron chi connectivity index (χ0n) is 16.1. The Bertz CT molecular complexity index is 1070. The second-order valence-electron chi connectivity index (χ2n) is 6.94. The lowest BCUT2D eigenvalue weighted by Crippen LogP contribution is -2.36. The van der Waals surface area contributed by atoms with Crippen LogP contribution < -0.4 is 5.32 Å². The van der Waals surface area contributed by atoms with E-state index in [0.717, 1.165) is 23.3 Å². The monoisotopic (exact) mass is 446 g/mol. The fourth-order valence-electron chi connectivity index (χ4n) is 3.19. The van der Waals surface area contributed by atoms with Crippen LogP contribution >= 0.6 is 0 Å². The van der Waals surface area contributed by atoms with Crippen LogP contribution in [0.15, 0.2) is 70.8 Å². The molecule has 0 saturated carbocycles. The minimum atomic E-state index is -4.51. The smallest absolute Gasteiger partial charge is 0.416 e. The number of urea groups is 1. The fraction of sp³-hybridized carbons (Fsp3) is 0.190. The Morgan fingerprint density at radius 2 is 1.90 bits per heavy atom. The van der Waals surface area contributed by atoms with Crippen molar-refractivity contribution in [3.63, 3.8) is 0 Å². The Labute approximate surface area is 179 Å². The number of hydrogen-bond acceptors (Lipinski definition) is 4. The van der Waals surface area contributed by atoms with Crippen molar-refractivity contribution in [2.45, 2.75) is 35.6 Å². The number of aromatic nitrogens is 2. The van der Waals surface area contributed by atoms with E-state index in [1.54, 1.807) is 23.4 Å². The third-order valence-electron chi connectivity index (χ3n) is 4.82. The number of benzene rings is 1. The van der Waals surface area contributed by atoms with Gasteiger partial charge in [0.25, 0.3) is 0 Å². The van der Waals surface area contributed by atoms with E-state index in [-0.39, 0.29) is 22.4 Å². The van der Waals surface area contributed by atoms with Gasteiger partial charge in [0.2, 0.25) is 0 Å². The molecule has 1 aromatic carbocycles. The van der Waals surface area contributed by atoms with Gasteiger partial charge in [-0.15, -0.1) is 0 Å². The molecule has 0 spiro atoms. The highest BCUT2D eigenvalue weighted by Gasteiger charge is 2.32. The summed E-state index contributed by atoms with van der Waals surface area (Å²) in [6, 6.07) is 9.16. The van der Waals surface area contributed by atoms with Crippen molar-refractivity contribution in [2.75, 3.05) is 0 Å². The molecule has 2 amide bonds. The van der Waals surface area contributed by atoms with Crippen LogP contribution in [0.2, 0.25) is 0 Å².